The van der Waals surface area contributed by atoms with E-state index in [9.17, 15) is 9.59 Å². The average Bonchev–Trinajstić information content (AvgIpc) is 3.41. The molecule has 31 heavy (non-hydrogen) atoms. The molecule has 168 valence electrons. The number of aromatic nitrogens is 2. The number of nitrogens with one attached hydrogen (secondary N) is 3. The van der Waals surface area contributed by atoms with Gasteiger partial charge in [-0.25, -0.2) is 9.78 Å². The normalized spacial score (nSPS) is 23.4. The summed E-state index contributed by atoms with van der Waals surface area (Å²) in [4.78, 5) is 29.0. The maximum atomic E-state index is 12.7. The summed E-state index contributed by atoms with van der Waals surface area (Å²) in [6.45, 7) is 0. The molecule has 0 bridgehead atoms. The smallest absolute Gasteiger partial charge is 0.315 e. The minimum Gasteiger partial charge on any atom is -0.346 e. The van der Waals surface area contributed by atoms with Crippen LogP contribution in [0.15, 0.2) is 24.3 Å². The topological polar surface area (TPSA) is 88.1 Å². The zero-order valence-electron chi connectivity index (χ0n) is 18.1. The van der Waals surface area contributed by atoms with Crippen LogP contribution in [0.25, 0.3) is 11.0 Å². The van der Waals surface area contributed by atoms with Crippen LogP contribution in [-0.4, -0.2) is 56.6 Å². The average molecular weight is 462 g/mol. The number of benzene rings is 1. The third kappa shape index (κ3) is 5.14. The Morgan fingerprint density at radius 1 is 1.35 bits per heavy atom. The fourth-order valence-corrected chi connectivity index (χ4v) is 6.53. The predicted octanol–water partition coefficient (Wildman–Crippen LogP) is 3.21. The molecule has 4 atom stereocenters. The molecule has 2 aliphatic rings. The summed E-state index contributed by atoms with van der Waals surface area (Å²) in [5.41, 5.74) is 2.05. The monoisotopic (exact) mass is 461 g/mol. The summed E-state index contributed by atoms with van der Waals surface area (Å²) in [5, 5.41) is 9.69. The molecule has 1 aromatic carbocycles. The van der Waals surface area contributed by atoms with Gasteiger partial charge < -0.3 is 20.5 Å². The maximum absolute atomic E-state index is 12.7. The van der Waals surface area contributed by atoms with Gasteiger partial charge in [0.15, 0.2) is 0 Å². The summed E-state index contributed by atoms with van der Waals surface area (Å²) in [7, 11) is 2.02. The molecule has 1 aromatic heterocycles. The number of rotatable bonds is 10. The number of carbonyl (C=O) groups is 2. The Bertz CT molecular complexity index is 934. The lowest BCUT2D eigenvalue weighted by molar-refractivity contribution is -0.122. The van der Waals surface area contributed by atoms with Crippen LogP contribution in [0.1, 0.15) is 44.0 Å². The van der Waals surface area contributed by atoms with Gasteiger partial charge in [-0.1, -0.05) is 18.6 Å². The Kier molecular flexibility index (Phi) is 7.32. The molecule has 7 nitrogen and oxygen atoms in total. The van der Waals surface area contributed by atoms with Crippen LogP contribution in [0.4, 0.5) is 4.79 Å². The molecule has 4 rings (SSSR count). The second-order valence-electron chi connectivity index (χ2n) is 8.29. The van der Waals surface area contributed by atoms with Crippen molar-refractivity contribution in [1.82, 2.24) is 25.5 Å². The summed E-state index contributed by atoms with van der Waals surface area (Å²) in [6, 6.07) is 8.46. The molecule has 0 saturated carbocycles. The summed E-state index contributed by atoms with van der Waals surface area (Å²) >= 11 is 3.71. The summed E-state index contributed by atoms with van der Waals surface area (Å²) in [6.07, 6.45) is 6.35. The van der Waals surface area contributed by atoms with Gasteiger partial charge in [0.2, 0.25) is 5.91 Å². The van der Waals surface area contributed by atoms with E-state index in [1.54, 1.807) is 11.8 Å². The first-order valence-corrected chi connectivity index (χ1v) is 13.4. The second kappa shape index (κ2) is 10.2. The number of hydrogen-bond donors (Lipinski definition) is 3. The minimum absolute atomic E-state index is 0.0436. The van der Waals surface area contributed by atoms with E-state index in [0.717, 1.165) is 54.0 Å². The summed E-state index contributed by atoms with van der Waals surface area (Å²) < 4.78 is 2.10. The highest BCUT2D eigenvalue weighted by atomic mass is 32.2. The molecule has 2 saturated heterocycles. The Hall–Kier alpha value is -1.87. The zero-order chi connectivity index (χ0) is 21.8. The molecule has 3 N–H and O–H groups in total. The third-order valence-electron chi connectivity index (χ3n) is 6.16. The summed E-state index contributed by atoms with van der Waals surface area (Å²) in [5.74, 6) is 2.95. The van der Waals surface area contributed by atoms with Gasteiger partial charge >= 0.3 is 6.03 Å². The standard InChI is InChI=1S/C22H31N5O2S2/c1-27-17-8-4-3-7-14(17)24-21(27)15(11-12-30-2)23-19(28)10-6-5-9-18-20-16(13-31-18)25-22(29)26-20/h3-4,7-8,15-16,18,20H,5-6,9-13H2,1-2H3,(H,23,28)(H2,25,26,29)/t15-,16+,18-,20-/m0/s1. The van der Waals surface area contributed by atoms with Crippen molar-refractivity contribution in [2.24, 2.45) is 7.05 Å². The molecule has 9 heteroatoms. The largest absolute Gasteiger partial charge is 0.346 e. The number of aryl methyl sites for hydroxylation is 1. The van der Waals surface area contributed by atoms with Gasteiger partial charge in [0.25, 0.3) is 0 Å². The van der Waals surface area contributed by atoms with E-state index in [0.29, 0.717) is 11.7 Å². The van der Waals surface area contributed by atoms with E-state index in [-0.39, 0.29) is 30.1 Å². The van der Waals surface area contributed by atoms with Crippen molar-refractivity contribution in [3.05, 3.63) is 30.1 Å². The quantitative estimate of drug-likeness (QED) is 0.374. The van der Waals surface area contributed by atoms with E-state index in [1.165, 1.54) is 0 Å². The molecular formula is C22H31N5O2S2. The second-order valence-corrected chi connectivity index (χ2v) is 10.5. The first-order valence-electron chi connectivity index (χ1n) is 10.9. The number of unbranched alkanes of at least 4 members (excludes halogenated alkanes) is 1. The Morgan fingerprint density at radius 3 is 3.00 bits per heavy atom. The molecular weight excluding hydrogens is 430 g/mol. The first-order chi connectivity index (χ1) is 15.1. The number of thioether (sulfide) groups is 2. The Labute approximate surface area is 191 Å². The van der Waals surface area contributed by atoms with Gasteiger partial charge in [-0.15, -0.1) is 0 Å². The molecule has 0 unspecified atom stereocenters. The van der Waals surface area contributed by atoms with E-state index >= 15 is 0 Å². The van der Waals surface area contributed by atoms with Crippen molar-refractivity contribution in [3.63, 3.8) is 0 Å². The number of imidazole rings is 1. The molecule has 2 aliphatic heterocycles. The fourth-order valence-electron chi connectivity index (χ4n) is 4.52. The molecule has 0 aliphatic carbocycles. The van der Waals surface area contributed by atoms with Crippen LogP contribution in [0.5, 0.6) is 0 Å². The van der Waals surface area contributed by atoms with Crippen molar-refractivity contribution in [2.75, 3.05) is 17.8 Å². The van der Waals surface area contributed by atoms with E-state index in [2.05, 4.69) is 32.8 Å². The fraction of sp³-hybridized carbons (Fsp3) is 0.591. The highest BCUT2D eigenvalue weighted by Gasteiger charge is 2.42. The molecule has 3 amide bonds. The van der Waals surface area contributed by atoms with Gasteiger partial charge in [-0.2, -0.15) is 23.5 Å². The number of para-hydroxylation sites is 2. The third-order valence-corrected chi connectivity index (χ3v) is 8.31. The van der Waals surface area contributed by atoms with Crippen molar-refractivity contribution < 1.29 is 9.59 Å². The van der Waals surface area contributed by atoms with Crippen molar-refractivity contribution >= 4 is 46.5 Å². The van der Waals surface area contributed by atoms with Crippen LogP contribution in [-0.2, 0) is 11.8 Å². The number of amides is 3. The Morgan fingerprint density at radius 2 is 2.19 bits per heavy atom. The van der Waals surface area contributed by atoms with Crippen LogP contribution in [0.2, 0.25) is 0 Å². The van der Waals surface area contributed by atoms with Gasteiger partial charge in [0.1, 0.15) is 5.82 Å². The number of nitrogens with zero attached hydrogens (tertiary/aromatic N) is 2. The van der Waals surface area contributed by atoms with Gasteiger partial charge in [0, 0.05) is 24.5 Å². The molecule has 0 spiro atoms. The Balaban J connectivity index is 1.28. The highest BCUT2D eigenvalue weighted by molar-refractivity contribution is 8.00. The van der Waals surface area contributed by atoms with Gasteiger partial charge in [-0.3, -0.25) is 4.79 Å². The highest BCUT2D eigenvalue weighted by Crippen LogP contribution is 2.33. The van der Waals surface area contributed by atoms with Gasteiger partial charge in [0.05, 0.1) is 29.2 Å². The van der Waals surface area contributed by atoms with Crippen molar-refractivity contribution in [1.29, 1.82) is 0 Å². The van der Waals surface area contributed by atoms with E-state index in [1.807, 2.05) is 37.0 Å². The lowest BCUT2D eigenvalue weighted by Gasteiger charge is -2.19. The maximum Gasteiger partial charge on any atom is 0.315 e. The van der Waals surface area contributed by atoms with Crippen LogP contribution in [0.3, 0.4) is 0 Å². The first kappa shape index (κ1) is 22.3. The number of fused-ring (bicyclic) bond motifs is 2. The SMILES string of the molecule is CSCC[C@H](NC(=O)CCCC[C@@H]1SC[C@H]2NC(=O)N[C@H]12)c1nc2ccccc2n1C. The lowest BCUT2D eigenvalue weighted by Crippen LogP contribution is -2.36. The van der Waals surface area contributed by atoms with E-state index < -0.39 is 0 Å². The predicted molar refractivity (Wildman–Crippen MR) is 129 cm³/mol. The van der Waals surface area contributed by atoms with Crippen LogP contribution >= 0.6 is 23.5 Å². The van der Waals surface area contributed by atoms with Crippen molar-refractivity contribution in [2.45, 2.75) is 55.5 Å². The van der Waals surface area contributed by atoms with Crippen LogP contribution in [0, 0.1) is 0 Å². The zero-order valence-corrected chi connectivity index (χ0v) is 19.7. The lowest BCUT2D eigenvalue weighted by atomic mass is 10.0. The van der Waals surface area contributed by atoms with Crippen molar-refractivity contribution in [3.8, 4) is 0 Å². The molecule has 0 radical (unpaired) electrons. The van der Waals surface area contributed by atoms with E-state index in [4.69, 9.17) is 4.98 Å². The van der Waals surface area contributed by atoms with Gasteiger partial charge in [-0.05, 0) is 43.4 Å². The number of carbonyl (C=O) groups excluding carboxylic acids is 2. The molecule has 2 aromatic rings. The minimum atomic E-state index is -0.0803. The molecule has 3 heterocycles. The van der Waals surface area contributed by atoms with Crippen LogP contribution < -0.4 is 16.0 Å². The number of urea groups is 1. The molecule has 2 fully saturated rings. The number of hydrogen-bond acceptors (Lipinski definition) is 5.